The topological polar surface area (TPSA) is 177 Å². The van der Waals surface area contributed by atoms with Gasteiger partial charge in [-0.05, 0) is 32.4 Å². The van der Waals surface area contributed by atoms with E-state index in [1.165, 1.54) is 13.8 Å². The van der Waals surface area contributed by atoms with Gasteiger partial charge in [-0.25, -0.2) is 21.5 Å². The summed E-state index contributed by atoms with van der Waals surface area (Å²) in [6.07, 6.45) is -8.63. The standard InChI is InChI=1S/C17H16ClF3O6S.C12H14F5N3O4S/c1-28(25,26)13-6-5-9(15(18)10(13)7-27-8-17(19,20)21)16(24)14-11(22)3-2-4-12(14)23;1-11(2)4-7(19-24-11)25(21,22)5-6-8(12(15,16)17)18-20(3)9(6)23-10(13)14/h5-6,14H,2-4,7-8H2,1H3;10H,4-5H2,1-3H3. The summed E-state index contributed by atoms with van der Waals surface area (Å²) in [6, 6.07) is 2.04. The first kappa shape index (κ1) is 43.7. The third-order valence-corrected chi connectivity index (χ3v) is 10.6. The molecule has 1 saturated carbocycles. The van der Waals surface area contributed by atoms with Crippen LogP contribution in [0.1, 0.15) is 66.7 Å². The summed E-state index contributed by atoms with van der Waals surface area (Å²) in [5.41, 5.74) is -4.22. The number of carbonyl (C=O) groups is 3. The Kier molecular flexibility index (Phi) is 13.2. The summed E-state index contributed by atoms with van der Waals surface area (Å²) >= 11 is 6.11. The first-order valence-corrected chi connectivity index (χ1v) is 18.8. The van der Waals surface area contributed by atoms with Crippen molar-refractivity contribution in [3.8, 4) is 5.88 Å². The van der Waals surface area contributed by atoms with Gasteiger partial charge in [0.05, 0.1) is 27.8 Å². The first-order chi connectivity index (χ1) is 24.1. The normalized spacial score (nSPS) is 17.0. The highest BCUT2D eigenvalue weighted by molar-refractivity contribution is 8.05. The lowest BCUT2D eigenvalue weighted by atomic mass is 9.81. The lowest BCUT2D eigenvalue weighted by Crippen LogP contribution is -2.35. The van der Waals surface area contributed by atoms with E-state index in [0.29, 0.717) is 11.1 Å². The highest BCUT2D eigenvalue weighted by Gasteiger charge is 2.44. The second-order valence-electron chi connectivity index (χ2n) is 12.3. The second-order valence-corrected chi connectivity index (χ2v) is 16.6. The van der Waals surface area contributed by atoms with Gasteiger partial charge in [-0.15, -0.1) is 0 Å². The van der Waals surface area contributed by atoms with Crippen LogP contribution in [0.3, 0.4) is 0 Å². The molecule has 0 amide bonds. The van der Waals surface area contributed by atoms with E-state index < -0.39 is 119 Å². The molecule has 1 aliphatic heterocycles. The van der Waals surface area contributed by atoms with Crippen LogP contribution in [-0.4, -0.2) is 80.3 Å². The molecule has 0 bridgehead atoms. The van der Waals surface area contributed by atoms with E-state index in [2.05, 4.69) is 19.7 Å². The monoisotopic (exact) mass is 831 g/mol. The van der Waals surface area contributed by atoms with Crippen LogP contribution in [0.25, 0.3) is 0 Å². The third-order valence-electron chi connectivity index (χ3n) is 7.35. The van der Waals surface area contributed by atoms with E-state index >= 15 is 0 Å². The Morgan fingerprint density at radius 2 is 1.64 bits per heavy atom. The fourth-order valence-corrected chi connectivity index (χ4v) is 7.90. The van der Waals surface area contributed by atoms with Crippen LogP contribution in [0.2, 0.25) is 5.02 Å². The van der Waals surface area contributed by atoms with Gasteiger partial charge in [-0.3, -0.25) is 14.4 Å². The number of rotatable bonds is 10. The SMILES string of the molecule is CS(=O)(=O)c1ccc(C(=O)C2C(=O)CCCC2=O)c(Cl)c1COCC(F)(F)F.Cn1nc(C(F)(F)F)c(CS(=O)(=O)C2=NOC(C)(C)C2)c1OC(F)F. The number of hydrogen-bond donors (Lipinski definition) is 0. The minimum atomic E-state index is -5.06. The molecule has 0 spiro atoms. The first-order valence-electron chi connectivity index (χ1n) is 14.9. The molecule has 53 heavy (non-hydrogen) atoms. The molecule has 13 nitrogen and oxygen atoms in total. The molecule has 1 fully saturated rings. The van der Waals surface area contributed by atoms with Crippen molar-refractivity contribution >= 4 is 53.7 Å². The molecule has 0 N–H and O–H groups in total. The van der Waals surface area contributed by atoms with Gasteiger partial charge < -0.3 is 14.3 Å². The molecule has 1 aromatic heterocycles. The van der Waals surface area contributed by atoms with E-state index in [1.807, 2.05) is 0 Å². The van der Waals surface area contributed by atoms with Crippen molar-refractivity contribution in [3.63, 3.8) is 0 Å². The van der Waals surface area contributed by atoms with E-state index in [4.69, 9.17) is 16.4 Å². The van der Waals surface area contributed by atoms with Crippen LogP contribution < -0.4 is 4.74 Å². The number of halogens is 9. The molecular weight excluding hydrogens is 802 g/mol. The molecule has 2 aliphatic rings. The number of oxime groups is 1. The summed E-state index contributed by atoms with van der Waals surface area (Å²) in [4.78, 5) is 41.2. The van der Waals surface area contributed by atoms with Crippen LogP contribution in [0.5, 0.6) is 5.88 Å². The van der Waals surface area contributed by atoms with Crippen molar-refractivity contribution in [1.29, 1.82) is 0 Å². The average Bonchev–Trinajstić information content (AvgIpc) is 3.51. The van der Waals surface area contributed by atoms with E-state index in [0.717, 1.165) is 25.4 Å². The molecule has 296 valence electrons. The van der Waals surface area contributed by atoms with Gasteiger partial charge in [0, 0.05) is 43.7 Å². The van der Waals surface area contributed by atoms with Gasteiger partial charge in [-0.1, -0.05) is 16.8 Å². The summed E-state index contributed by atoms with van der Waals surface area (Å²) in [6.45, 7) is -2.85. The fourth-order valence-electron chi connectivity index (χ4n) is 5.08. The number of benzene rings is 1. The molecule has 4 rings (SSSR count). The Morgan fingerprint density at radius 1 is 1.06 bits per heavy atom. The smallest absolute Gasteiger partial charge is 0.417 e. The Hall–Kier alpha value is -3.70. The summed E-state index contributed by atoms with van der Waals surface area (Å²) in [5, 5.41) is 5.52. The average molecular weight is 832 g/mol. The fraction of sp³-hybridized carbons (Fsp3) is 0.552. The van der Waals surface area contributed by atoms with Crippen molar-refractivity contribution in [2.24, 2.45) is 18.1 Å². The summed E-state index contributed by atoms with van der Waals surface area (Å²) in [7, 11) is -7.33. The highest BCUT2D eigenvalue weighted by atomic mass is 35.5. The van der Waals surface area contributed by atoms with E-state index in [-0.39, 0.29) is 30.4 Å². The number of sulfone groups is 2. The summed E-state index contributed by atoms with van der Waals surface area (Å²) < 4.78 is 159. The van der Waals surface area contributed by atoms with Gasteiger partial charge >= 0.3 is 19.0 Å². The Labute approximate surface area is 301 Å². The van der Waals surface area contributed by atoms with Gasteiger partial charge in [0.25, 0.3) is 0 Å². The number of carbonyl (C=O) groups excluding carboxylic acids is 3. The van der Waals surface area contributed by atoms with Gasteiger partial charge in [0.15, 0.2) is 47.8 Å². The lowest BCUT2D eigenvalue weighted by molar-refractivity contribution is -0.176. The zero-order chi connectivity index (χ0) is 40.5. The Balaban J connectivity index is 0.000000287. The zero-order valence-corrected chi connectivity index (χ0v) is 30.3. The number of aromatic nitrogens is 2. The molecule has 2 heterocycles. The van der Waals surface area contributed by atoms with Crippen molar-refractivity contribution in [2.75, 3.05) is 12.9 Å². The van der Waals surface area contributed by atoms with Gasteiger partial charge in [0.2, 0.25) is 5.88 Å². The molecule has 1 aromatic carbocycles. The molecular formula is C29H30ClF8N3O10S2. The van der Waals surface area contributed by atoms with Crippen LogP contribution in [-0.2, 0) is 64.4 Å². The predicted molar refractivity (Wildman–Crippen MR) is 167 cm³/mol. The summed E-state index contributed by atoms with van der Waals surface area (Å²) in [5.74, 6) is -5.82. The second kappa shape index (κ2) is 16.0. The molecule has 0 unspecified atom stereocenters. The number of hydrogen-bond acceptors (Lipinski definition) is 12. The molecule has 24 heteroatoms. The van der Waals surface area contributed by atoms with Crippen LogP contribution in [0, 0.1) is 5.92 Å². The Bertz CT molecular complexity index is 2000. The number of aryl methyl sites for hydroxylation is 1. The molecule has 2 aromatic rings. The van der Waals surface area contributed by atoms with Crippen molar-refractivity contribution in [1.82, 2.24) is 9.78 Å². The van der Waals surface area contributed by atoms with Crippen LogP contribution >= 0.6 is 11.6 Å². The zero-order valence-electron chi connectivity index (χ0n) is 27.9. The maximum absolute atomic E-state index is 13.1. The lowest BCUT2D eigenvalue weighted by Gasteiger charge is -2.20. The minimum Gasteiger partial charge on any atom is -0.417 e. The van der Waals surface area contributed by atoms with Crippen molar-refractivity contribution in [3.05, 3.63) is 39.5 Å². The maximum atomic E-state index is 13.1. The van der Waals surface area contributed by atoms with Crippen molar-refractivity contribution < 1.29 is 80.7 Å². The number of Topliss-reactive ketones (excluding diaryl/α,β-unsaturated/α-hetero) is 3. The number of nitrogens with zero attached hydrogens (tertiary/aromatic N) is 3. The molecule has 1 aliphatic carbocycles. The van der Waals surface area contributed by atoms with Crippen LogP contribution in [0.15, 0.2) is 22.2 Å². The quantitative estimate of drug-likeness (QED) is 0.170. The van der Waals surface area contributed by atoms with E-state index in [9.17, 15) is 66.3 Å². The van der Waals surface area contributed by atoms with Gasteiger partial charge in [-0.2, -0.15) is 40.2 Å². The highest BCUT2D eigenvalue weighted by Crippen LogP contribution is 2.38. The molecule has 0 radical (unpaired) electrons. The van der Waals surface area contributed by atoms with Crippen LogP contribution in [0.4, 0.5) is 35.1 Å². The largest absolute Gasteiger partial charge is 0.435 e. The molecule has 0 saturated heterocycles. The third kappa shape index (κ3) is 11.2. The maximum Gasteiger partial charge on any atom is 0.435 e. The predicted octanol–water partition coefficient (Wildman–Crippen LogP) is 5.41. The Morgan fingerprint density at radius 3 is 2.11 bits per heavy atom. The number of ether oxygens (including phenoxy) is 2. The minimum absolute atomic E-state index is 0.0444. The van der Waals surface area contributed by atoms with Crippen molar-refractivity contribution in [2.45, 2.75) is 81.4 Å². The van der Waals surface area contributed by atoms with Gasteiger partial charge in [0.1, 0.15) is 18.1 Å². The number of ketones is 3. The molecule has 0 atom stereocenters. The number of alkyl halides is 8. The van der Waals surface area contributed by atoms with E-state index in [1.54, 1.807) is 0 Å².